The molecule has 1 heterocycles. The lowest BCUT2D eigenvalue weighted by molar-refractivity contribution is 0.974. The average Bonchev–Trinajstić information content (AvgIpc) is 2.66. The van der Waals surface area contributed by atoms with Crippen molar-refractivity contribution in [2.75, 3.05) is 7.05 Å². The Hall–Kier alpha value is -1.01. The van der Waals surface area contributed by atoms with Crippen LogP contribution in [-0.4, -0.2) is 22.9 Å². The zero-order chi connectivity index (χ0) is 9.68. The Morgan fingerprint density at radius 1 is 1.69 bits per heavy atom. The number of nitrogens with one attached hydrogen (secondary N) is 2. The molecule has 0 bridgehead atoms. The molecule has 0 aliphatic rings. The highest BCUT2D eigenvalue weighted by molar-refractivity contribution is 7.80. The fraction of sp³-hybridized carbons (Fsp3) is 0.286. The average molecular weight is 214 g/mol. The first kappa shape index (κ1) is 10.1. The van der Waals surface area contributed by atoms with Crippen molar-refractivity contribution in [3.05, 3.63) is 16.6 Å². The van der Waals surface area contributed by atoms with Crippen LogP contribution in [0.25, 0.3) is 0 Å². The second-order valence-electron chi connectivity index (χ2n) is 2.25. The van der Waals surface area contributed by atoms with Crippen LogP contribution in [0, 0.1) is 0 Å². The summed E-state index contributed by atoms with van der Waals surface area (Å²) in [6.45, 7) is 1.90. The molecule has 6 heteroatoms. The minimum absolute atomic E-state index is 0.504. The van der Waals surface area contributed by atoms with E-state index < -0.39 is 0 Å². The summed E-state index contributed by atoms with van der Waals surface area (Å²) in [5.74, 6) is 0. The topological polar surface area (TPSA) is 49.3 Å². The first-order valence-electron chi connectivity index (χ1n) is 3.65. The van der Waals surface area contributed by atoms with Crippen molar-refractivity contribution in [3.63, 3.8) is 0 Å². The third kappa shape index (κ3) is 3.08. The zero-order valence-corrected chi connectivity index (χ0v) is 9.00. The van der Waals surface area contributed by atoms with Gasteiger partial charge in [-0.25, -0.2) is 0 Å². The molecule has 0 atom stereocenters. The van der Waals surface area contributed by atoms with Crippen molar-refractivity contribution < 1.29 is 0 Å². The van der Waals surface area contributed by atoms with E-state index in [9.17, 15) is 0 Å². The van der Waals surface area contributed by atoms with Crippen LogP contribution in [0.5, 0.6) is 0 Å². The summed E-state index contributed by atoms with van der Waals surface area (Å²) >= 11 is 6.41. The molecule has 0 unspecified atom stereocenters. The smallest absolute Gasteiger partial charge is 0.186 e. The Labute approximate surface area is 86.1 Å². The number of hydrazone groups is 1. The Morgan fingerprint density at radius 3 is 3.00 bits per heavy atom. The maximum atomic E-state index is 4.86. The Bertz CT molecular complexity index is 304. The van der Waals surface area contributed by atoms with Crippen LogP contribution in [0.2, 0.25) is 0 Å². The lowest BCUT2D eigenvalue weighted by Gasteiger charge is -2.01. The molecule has 0 amide bonds. The lowest BCUT2D eigenvalue weighted by Crippen LogP contribution is -2.29. The summed E-state index contributed by atoms with van der Waals surface area (Å²) < 4.78 is 0. The van der Waals surface area contributed by atoms with E-state index >= 15 is 0 Å². The van der Waals surface area contributed by atoms with Crippen molar-refractivity contribution >= 4 is 34.4 Å². The van der Waals surface area contributed by atoms with E-state index in [1.54, 1.807) is 30.1 Å². The number of thiazole rings is 1. The SMILES string of the molecule is CNC(=S)N/N=C(\C)c1cncs1. The molecule has 0 saturated heterocycles. The number of thiocarbonyl (C=S) groups is 1. The van der Waals surface area contributed by atoms with Crippen molar-refractivity contribution in [1.29, 1.82) is 0 Å². The summed E-state index contributed by atoms with van der Waals surface area (Å²) in [5.41, 5.74) is 5.35. The van der Waals surface area contributed by atoms with E-state index in [0.717, 1.165) is 10.6 Å². The number of hydrogen-bond acceptors (Lipinski definition) is 4. The first-order valence-corrected chi connectivity index (χ1v) is 4.93. The van der Waals surface area contributed by atoms with E-state index in [0.29, 0.717) is 5.11 Å². The van der Waals surface area contributed by atoms with Gasteiger partial charge in [-0.2, -0.15) is 5.10 Å². The maximum absolute atomic E-state index is 4.86. The van der Waals surface area contributed by atoms with Gasteiger partial charge < -0.3 is 5.32 Å². The summed E-state index contributed by atoms with van der Waals surface area (Å²) in [6, 6.07) is 0. The molecule has 1 rings (SSSR count). The molecule has 2 N–H and O–H groups in total. The van der Waals surface area contributed by atoms with E-state index in [2.05, 4.69) is 20.8 Å². The van der Waals surface area contributed by atoms with Gasteiger partial charge in [0, 0.05) is 13.2 Å². The molecule has 1 aromatic rings. The van der Waals surface area contributed by atoms with Crippen LogP contribution in [0.3, 0.4) is 0 Å². The normalized spacial score (nSPS) is 11.1. The number of hydrogen-bond donors (Lipinski definition) is 2. The largest absolute Gasteiger partial charge is 0.364 e. The van der Waals surface area contributed by atoms with Gasteiger partial charge in [0.15, 0.2) is 5.11 Å². The number of aromatic nitrogens is 1. The van der Waals surface area contributed by atoms with Gasteiger partial charge in [-0.3, -0.25) is 10.4 Å². The van der Waals surface area contributed by atoms with E-state index in [1.807, 2.05) is 6.92 Å². The molecule has 0 radical (unpaired) electrons. The highest BCUT2D eigenvalue weighted by Crippen LogP contribution is 2.05. The van der Waals surface area contributed by atoms with Crippen LogP contribution < -0.4 is 10.7 Å². The number of nitrogens with zero attached hydrogens (tertiary/aromatic N) is 2. The van der Waals surface area contributed by atoms with Gasteiger partial charge >= 0.3 is 0 Å². The second kappa shape index (κ2) is 4.88. The van der Waals surface area contributed by atoms with Gasteiger partial charge in [-0.05, 0) is 19.1 Å². The zero-order valence-electron chi connectivity index (χ0n) is 7.37. The third-order valence-electron chi connectivity index (χ3n) is 1.34. The van der Waals surface area contributed by atoms with E-state index in [-0.39, 0.29) is 0 Å². The standard InChI is InChI=1S/C7H10N4S2/c1-5(6-3-9-4-13-6)10-11-7(12)8-2/h3-4H,1-2H3,(H2,8,11,12)/b10-5+. The third-order valence-corrected chi connectivity index (χ3v) is 2.52. The molecular weight excluding hydrogens is 204 g/mol. The molecule has 0 aromatic carbocycles. The molecule has 70 valence electrons. The highest BCUT2D eigenvalue weighted by Gasteiger charge is 1.98. The molecule has 0 aliphatic carbocycles. The molecule has 0 saturated carbocycles. The van der Waals surface area contributed by atoms with Crippen LogP contribution in [-0.2, 0) is 0 Å². The van der Waals surface area contributed by atoms with Gasteiger partial charge in [0.2, 0.25) is 0 Å². The lowest BCUT2D eigenvalue weighted by atomic mass is 10.4. The molecule has 0 spiro atoms. The maximum Gasteiger partial charge on any atom is 0.186 e. The first-order chi connectivity index (χ1) is 6.24. The van der Waals surface area contributed by atoms with Crippen LogP contribution in [0.15, 0.2) is 16.8 Å². The number of rotatable bonds is 2. The quantitative estimate of drug-likeness (QED) is 0.437. The van der Waals surface area contributed by atoms with Gasteiger partial charge in [-0.1, -0.05) is 0 Å². The summed E-state index contributed by atoms with van der Waals surface area (Å²) in [4.78, 5) is 4.99. The fourth-order valence-electron chi connectivity index (χ4n) is 0.640. The van der Waals surface area contributed by atoms with Crippen LogP contribution in [0.1, 0.15) is 11.8 Å². The molecular formula is C7H10N4S2. The van der Waals surface area contributed by atoms with E-state index in [1.165, 1.54) is 0 Å². The highest BCUT2D eigenvalue weighted by atomic mass is 32.1. The van der Waals surface area contributed by atoms with Gasteiger partial charge in [-0.15, -0.1) is 11.3 Å². The Balaban J connectivity index is 2.57. The van der Waals surface area contributed by atoms with Crippen molar-refractivity contribution in [3.8, 4) is 0 Å². The predicted molar refractivity (Wildman–Crippen MR) is 59.1 cm³/mol. The van der Waals surface area contributed by atoms with Gasteiger partial charge in [0.05, 0.1) is 16.1 Å². The molecule has 0 aliphatic heterocycles. The van der Waals surface area contributed by atoms with Crippen molar-refractivity contribution in [2.45, 2.75) is 6.92 Å². The Kier molecular flexibility index (Phi) is 3.78. The minimum Gasteiger partial charge on any atom is -0.364 e. The van der Waals surface area contributed by atoms with Crippen LogP contribution >= 0.6 is 23.6 Å². The molecule has 4 nitrogen and oxygen atoms in total. The molecule has 13 heavy (non-hydrogen) atoms. The second-order valence-corrected chi connectivity index (χ2v) is 3.55. The van der Waals surface area contributed by atoms with Crippen molar-refractivity contribution in [2.24, 2.45) is 5.10 Å². The monoisotopic (exact) mass is 214 g/mol. The fourth-order valence-corrected chi connectivity index (χ4v) is 1.26. The van der Waals surface area contributed by atoms with Gasteiger partial charge in [0.25, 0.3) is 0 Å². The van der Waals surface area contributed by atoms with Crippen LogP contribution in [0.4, 0.5) is 0 Å². The molecule has 0 fully saturated rings. The van der Waals surface area contributed by atoms with Gasteiger partial charge in [0.1, 0.15) is 0 Å². The summed E-state index contributed by atoms with van der Waals surface area (Å²) in [7, 11) is 1.74. The predicted octanol–water partition coefficient (Wildman–Crippen LogP) is 0.961. The molecule has 1 aromatic heterocycles. The van der Waals surface area contributed by atoms with E-state index in [4.69, 9.17) is 12.2 Å². The Morgan fingerprint density at radius 2 is 2.46 bits per heavy atom. The summed E-state index contributed by atoms with van der Waals surface area (Å²) in [5, 5.41) is 7.34. The summed E-state index contributed by atoms with van der Waals surface area (Å²) in [6.07, 6.45) is 1.77. The minimum atomic E-state index is 0.504. The van der Waals surface area contributed by atoms with Crippen molar-refractivity contribution in [1.82, 2.24) is 15.7 Å².